The first kappa shape index (κ1) is 8.25. The third-order valence-corrected chi connectivity index (χ3v) is 2.27. The molecule has 0 radical (unpaired) electrons. The van der Waals surface area contributed by atoms with Gasteiger partial charge in [0.1, 0.15) is 5.82 Å². The zero-order valence-electron chi connectivity index (χ0n) is 7.57. The van der Waals surface area contributed by atoms with E-state index in [0.29, 0.717) is 12.0 Å². The van der Waals surface area contributed by atoms with Crippen molar-refractivity contribution in [2.24, 2.45) is 0 Å². The fourth-order valence-corrected chi connectivity index (χ4v) is 1.39. The first-order valence-corrected chi connectivity index (χ1v) is 4.30. The van der Waals surface area contributed by atoms with E-state index in [1.807, 2.05) is 13.1 Å². The Hall–Kier alpha value is -1.36. The number of hydrogen-bond acceptors (Lipinski definition) is 5. The van der Waals surface area contributed by atoms with Gasteiger partial charge in [-0.25, -0.2) is 4.98 Å². The maximum atomic E-state index is 5.48. The van der Waals surface area contributed by atoms with Crippen molar-refractivity contribution in [1.29, 1.82) is 0 Å². The van der Waals surface area contributed by atoms with Gasteiger partial charge < -0.3 is 16.0 Å². The summed E-state index contributed by atoms with van der Waals surface area (Å²) in [5.41, 5.74) is 5.48. The fraction of sp³-hybridized carbons (Fsp3) is 0.500. The molecule has 0 saturated carbocycles. The van der Waals surface area contributed by atoms with Crippen molar-refractivity contribution in [2.45, 2.75) is 6.04 Å². The zero-order valence-corrected chi connectivity index (χ0v) is 7.57. The summed E-state index contributed by atoms with van der Waals surface area (Å²) in [6.07, 6.45) is 1.68. The van der Waals surface area contributed by atoms with Crippen LogP contribution < -0.4 is 16.0 Å². The molecule has 0 atom stereocenters. The van der Waals surface area contributed by atoms with Crippen LogP contribution in [-0.2, 0) is 0 Å². The summed E-state index contributed by atoms with van der Waals surface area (Å²) in [7, 11) is 1.97. The van der Waals surface area contributed by atoms with Crippen LogP contribution in [0.15, 0.2) is 12.3 Å². The molecule has 5 heteroatoms. The van der Waals surface area contributed by atoms with E-state index >= 15 is 0 Å². The Morgan fingerprint density at radius 1 is 1.62 bits per heavy atom. The van der Waals surface area contributed by atoms with Gasteiger partial charge in [-0.3, -0.25) is 0 Å². The van der Waals surface area contributed by atoms with Gasteiger partial charge >= 0.3 is 0 Å². The molecular weight excluding hydrogens is 166 g/mol. The largest absolute Gasteiger partial charge is 0.368 e. The molecule has 13 heavy (non-hydrogen) atoms. The topological polar surface area (TPSA) is 67.1 Å². The molecule has 2 heterocycles. The van der Waals surface area contributed by atoms with Crippen LogP contribution >= 0.6 is 0 Å². The predicted octanol–water partition coefficient (Wildman–Crippen LogP) is -0.533. The molecule has 0 unspecified atom stereocenters. The second-order valence-corrected chi connectivity index (χ2v) is 3.16. The lowest BCUT2D eigenvalue weighted by atomic mass is 10.1. The first-order valence-electron chi connectivity index (χ1n) is 4.30. The number of likely N-dealkylation sites (N-methyl/N-ethyl adjacent to an activating group) is 1. The van der Waals surface area contributed by atoms with Gasteiger partial charge in [-0.2, -0.15) is 4.98 Å². The SMILES string of the molecule is CNC1CN(c2ccnc(N)n2)C1. The Kier molecular flexibility index (Phi) is 2.02. The number of nitrogens with two attached hydrogens (primary N) is 1. The molecule has 5 nitrogen and oxygen atoms in total. The summed E-state index contributed by atoms with van der Waals surface area (Å²) in [6, 6.07) is 2.46. The zero-order chi connectivity index (χ0) is 9.26. The van der Waals surface area contributed by atoms with Crippen LogP contribution in [0, 0.1) is 0 Å². The van der Waals surface area contributed by atoms with E-state index in [1.54, 1.807) is 6.20 Å². The molecular formula is C8H13N5. The highest BCUT2D eigenvalue weighted by molar-refractivity contribution is 5.44. The van der Waals surface area contributed by atoms with Crippen LogP contribution in [0.3, 0.4) is 0 Å². The van der Waals surface area contributed by atoms with Crippen molar-refractivity contribution in [3.05, 3.63) is 12.3 Å². The Morgan fingerprint density at radius 2 is 2.38 bits per heavy atom. The van der Waals surface area contributed by atoms with Gasteiger partial charge in [0.25, 0.3) is 0 Å². The van der Waals surface area contributed by atoms with Gasteiger partial charge in [0, 0.05) is 25.3 Å². The van der Waals surface area contributed by atoms with Crippen LogP contribution in [0.2, 0.25) is 0 Å². The van der Waals surface area contributed by atoms with Gasteiger partial charge in [0.05, 0.1) is 0 Å². The number of rotatable bonds is 2. The van der Waals surface area contributed by atoms with Crippen LogP contribution in [0.25, 0.3) is 0 Å². The summed E-state index contributed by atoms with van der Waals surface area (Å²) in [4.78, 5) is 10.1. The quantitative estimate of drug-likeness (QED) is 0.638. The van der Waals surface area contributed by atoms with Crippen molar-refractivity contribution in [3.8, 4) is 0 Å². The molecule has 0 aliphatic carbocycles. The molecule has 1 saturated heterocycles. The molecule has 1 aliphatic rings. The highest BCUT2D eigenvalue weighted by Gasteiger charge is 2.25. The maximum absolute atomic E-state index is 5.48. The summed E-state index contributed by atoms with van der Waals surface area (Å²) in [6.45, 7) is 1.99. The van der Waals surface area contributed by atoms with Crippen molar-refractivity contribution >= 4 is 11.8 Å². The Balaban J connectivity index is 2.03. The monoisotopic (exact) mass is 179 g/mol. The maximum Gasteiger partial charge on any atom is 0.221 e. The van der Waals surface area contributed by atoms with Crippen molar-refractivity contribution in [2.75, 3.05) is 30.8 Å². The van der Waals surface area contributed by atoms with E-state index in [2.05, 4.69) is 20.2 Å². The smallest absolute Gasteiger partial charge is 0.221 e. The minimum atomic E-state index is 0.338. The molecule has 0 amide bonds. The molecule has 0 aromatic carbocycles. The number of nitrogens with one attached hydrogen (secondary N) is 1. The summed E-state index contributed by atoms with van der Waals surface area (Å²) in [5.74, 6) is 1.25. The molecule has 2 rings (SSSR count). The standard InChI is InChI=1S/C8H13N5/c1-10-6-4-13(5-6)7-2-3-11-8(9)12-7/h2-3,6,10H,4-5H2,1H3,(H2,9,11,12). The number of nitrogens with zero attached hydrogens (tertiary/aromatic N) is 3. The highest BCUT2D eigenvalue weighted by atomic mass is 15.3. The van der Waals surface area contributed by atoms with Crippen LogP contribution in [0.1, 0.15) is 0 Å². The molecule has 0 bridgehead atoms. The minimum Gasteiger partial charge on any atom is -0.368 e. The van der Waals surface area contributed by atoms with Gasteiger partial charge in [0.2, 0.25) is 5.95 Å². The van der Waals surface area contributed by atoms with Crippen LogP contribution in [0.4, 0.5) is 11.8 Å². The molecule has 70 valence electrons. The average Bonchev–Trinajstić information content (AvgIpc) is 2.02. The average molecular weight is 179 g/mol. The second-order valence-electron chi connectivity index (χ2n) is 3.16. The molecule has 3 N–H and O–H groups in total. The summed E-state index contributed by atoms with van der Waals surface area (Å²) >= 11 is 0. The fourth-order valence-electron chi connectivity index (χ4n) is 1.39. The number of anilines is 2. The molecule has 1 fully saturated rings. The van der Waals surface area contributed by atoms with E-state index < -0.39 is 0 Å². The lowest BCUT2D eigenvalue weighted by Gasteiger charge is -2.39. The Bertz CT molecular complexity index is 294. The molecule has 1 aliphatic heterocycles. The van der Waals surface area contributed by atoms with E-state index in [0.717, 1.165) is 18.9 Å². The minimum absolute atomic E-state index is 0.338. The van der Waals surface area contributed by atoms with E-state index in [-0.39, 0.29) is 0 Å². The predicted molar refractivity (Wildman–Crippen MR) is 51.5 cm³/mol. The van der Waals surface area contributed by atoms with Crippen LogP contribution in [-0.4, -0.2) is 36.1 Å². The van der Waals surface area contributed by atoms with Crippen LogP contribution in [0.5, 0.6) is 0 Å². The van der Waals surface area contributed by atoms with E-state index in [9.17, 15) is 0 Å². The van der Waals surface area contributed by atoms with Crippen molar-refractivity contribution < 1.29 is 0 Å². The van der Waals surface area contributed by atoms with E-state index in [1.165, 1.54) is 0 Å². The second kappa shape index (κ2) is 3.18. The molecule has 1 aromatic rings. The Labute approximate surface area is 77.0 Å². The Morgan fingerprint density at radius 3 is 3.00 bits per heavy atom. The van der Waals surface area contributed by atoms with Gasteiger partial charge in [0.15, 0.2) is 0 Å². The van der Waals surface area contributed by atoms with Crippen molar-refractivity contribution in [3.63, 3.8) is 0 Å². The number of hydrogen-bond donors (Lipinski definition) is 2. The number of aromatic nitrogens is 2. The van der Waals surface area contributed by atoms with Gasteiger partial charge in [-0.15, -0.1) is 0 Å². The lowest BCUT2D eigenvalue weighted by Crippen LogP contribution is -2.57. The van der Waals surface area contributed by atoms with Gasteiger partial charge in [-0.1, -0.05) is 0 Å². The normalized spacial score (nSPS) is 17.2. The first-order chi connectivity index (χ1) is 6.29. The van der Waals surface area contributed by atoms with Crippen molar-refractivity contribution in [1.82, 2.24) is 15.3 Å². The third-order valence-electron chi connectivity index (χ3n) is 2.27. The molecule has 0 spiro atoms. The van der Waals surface area contributed by atoms with Gasteiger partial charge in [-0.05, 0) is 13.1 Å². The lowest BCUT2D eigenvalue weighted by molar-refractivity contribution is 0.447. The summed E-state index contributed by atoms with van der Waals surface area (Å²) < 4.78 is 0. The molecule has 1 aromatic heterocycles. The highest BCUT2D eigenvalue weighted by Crippen LogP contribution is 2.17. The number of nitrogen functional groups attached to an aromatic ring is 1. The summed E-state index contributed by atoms with van der Waals surface area (Å²) in [5, 5.41) is 3.20. The third kappa shape index (κ3) is 1.55. The van der Waals surface area contributed by atoms with E-state index in [4.69, 9.17) is 5.73 Å².